The molecule has 1 amide bonds. The fourth-order valence-electron chi connectivity index (χ4n) is 3.31. The molecule has 1 aromatic rings. The Labute approximate surface area is 145 Å². The van der Waals surface area contributed by atoms with Crippen molar-refractivity contribution >= 4 is 18.3 Å². The SMILES string of the molecule is CCC1CCCC(C(O)[C@H](Cc2ccccc2)NC(C)=O)N1.Cl. The van der Waals surface area contributed by atoms with Gasteiger partial charge in [0, 0.05) is 19.0 Å². The van der Waals surface area contributed by atoms with E-state index in [0.29, 0.717) is 12.5 Å². The number of amides is 1. The van der Waals surface area contributed by atoms with E-state index >= 15 is 0 Å². The molecular formula is C18H29ClN2O2. The van der Waals surface area contributed by atoms with Crippen molar-refractivity contribution < 1.29 is 9.90 Å². The number of piperidine rings is 1. The zero-order valence-electron chi connectivity index (χ0n) is 14.0. The lowest BCUT2D eigenvalue weighted by molar-refractivity contribution is -0.120. The normalized spacial score (nSPS) is 23.4. The van der Waals surface area contributed by atoms with E-state index in [1.165, 1.54) is 13.3 Å². The molecule has 1 aliphatic rings. The van der Waals surface area contributed by atoms with E-state index in [0.717, 1.165) is 24.8 Å². The van der Waals surface area contributed by atoms with Gasteiger partial charge in [0.15, 0.2) is 0 Å². The van der Waals surface area contributed by atoms with Crippen LogP contribution in [0.5, 0.6) is 0 Å². The zero-order valence-corrected chi connectivity index (χ0v) is 14.8. The summed E-state index contributed by atoms with van der Waals surface area (Å²) in [6.45, 7) is 3.68. The summed E-state index contributed by atoms with van der Waals surface area (Å²) in [7, 11) is 0. The molecule has 0 bridgehead atoms. The molecule has 5 heteroatoms. The lowest BCUT2D eigenvalue weighted by Gasteiger charge is -2.37. The first kappa shape index (κ1) is 19.9. The van der Waals surface area contributed by atoms with Crippen molar-refractivity contribution in [2.45, 2.75) is 70.2 Å². The number of aliphatic hydroxyl groups is 1. The average Bonchev–Trinajstić information content (AvgIpc) is 2.54. The number of halogens is 1. The van der Waals surface area contributed by atoms with E-state index in [1.54, 1.807) is 0 Å². The number of carbonyl (C=O) groups is 1. The summed E-state index contributed by atoms with van der Waals surface area (Å²) in [5.41, 5.74) is 1.13. The molecule has 23 heavy (non-hydrogen) atoms. The highest BCUT2D eigenvalue weighted by molar-refractivity contribution is 5.85. The second kappa shape index (κ2) is 9.91. The number of aliphatic hydroxyl groups excluding tert-OH is 1. The summed E-state index contributed by atoms with van der Waals surface area (Å²) in [5.74, 6) is -0.0946. The highest BCUT2D eigenvalue weighted by atomic mass is 35.5. The molecular weight excluding hydrogens is 312 g/mol. The van der Waals surface area contributed by atoms with E-state index in [1.807, 2.05) is 30.3 Å². The van der Waals surface area contributed by atoms with E-state index in [9.17, 15) is 9.90 Å². The van der Waals surface area contributed by atoms with Crippen LogP contribution in [0, 0.1) is 0 Å². The van der Waals surface area contributed by atoms with Crippen LogP contribution in [0.3, 0.4) is 0 Å². The lowest BCUT2D eigenvalue weighted by Crippen LogP contribution is -2.56. The minimum absolute atomic E-state index is 0. The van der Waals surface area contributed by atoms with Crippen LogP contribution in [0.15, 0.2) is 30.3 Å². The van der Waals surface area contributed by atoms with Crippen LogP contribution in [0.2, 0.25) is 0 Å². The van der Waals surface area contributed by atoms with Gasteiger partial charge in [-0.1, -0.05) is 43.7 Å². The van der Waals surface area contributed by atoms with Gasteiger partial charge in [0.05, 0.1) is 12.1 Å². The van der Waals surface area contributed by atoms with Gasteiger partial charge in [-0.2, -0.15) is 0 Å². The summed E-state index contributed by atoms with van der Waals surface area (Å²) in [5, 5.41) is 17.3. The maximum Gasteiger partial charge on any atom is 0.217 e. The number of hydrogen-bond acceptors (Lipinski definition) is 3. The molecule has 3 N–H and O–H groups in total. The summed E-state index contributed by atoms with van der Waals surface area (Å²) >= 11 is 0. The van der Waals surface area contributed by atoms with Crippen molar-refractivity contribution in [1.82, 2.24) is 10.6 Å². The van der Waals surface area contributed by atoms with Gasteiger partial charge in [-0.25, -0.2) is 0 Å². The molecule has 1 fully saturated rings. The smallest absolute Gasteiger partial charge is 0.217 e. The number of nitrogens with one attached hydrogen (secondary N) is 2. The topological polar surface area (TPSA) is 61.4 Å². The molecule has 0 saturated carbocycles. The fourth-order valence-corrected chi connectivity index (χ4v) is 3.31. The van der Waals surface area contributed by atoms with Gasteiger partial charge in [0.1, 0.15) is 0 Å². The van der Waals surface area contributed by atoms with E-state index < -0.39 is 6.10 Å². The molecule has 0 aliphatic carbocycles. The van der Waals surface area contributed by atoms with Gasteiger partial charge < -0.3 is 15.7 Å². The van der Waals surface area contributed by atoms with E-state index in [-0.39, 0.29) is 30.4 Å². The zero-order chi connectivity index (χ0) is 15.9. The number of hydrogen-bond donors (Lipinski definition) is 3. The molecule has 0 radical (unpaired) electrons. The predicted molar refractivity (Wildman–Crippen MR) is 95.9 cm³/mol. The molecule has 1 aliphatic heterocycles. The molecule has 2 rings (SSSR count). The first-order valence-corrected chi connectivity index (χ1v) is 8.35. The van der Waals surface area contributed by atoms with Crippen LogP contribution in [-0.2, 0) is 11.2 Å². The molecule has 1 saturated heterocycles. The highest BCUT2D eigenvalue weighted by Crippen LogP contribution is 2.20. The molecule has 130 valence electrons. The Bertz CT molecular complexity index is 469. The molecule has 0 spiro atoms. The molecule has 4 atom stereocenters. The van der Waals surface area contributed by atoms with Crippen LogP contribution in [0.4, 0.5) is 0 Å². The Kier molecular flexibility index (Phi) is 8.59. The number of rotatable bonds is 6. The van der Waals surface area contributed by atoms with Crippen molar-refractivity contribution in [2.24, 2.45) is 0 Å². The maximum absolute atomic E-state index is 11.5. The summed E-state index contributed by atoms with van der Waals surface area (Å²) < 4.78 is 0. The van der Waals surface area contributed by atoms with Crippen LogP contribution < -0.4 is 10.6 Å². The van der Waals surface area contributed by atoms with Crippen LogP contribution in [-0.4, -0.2) is 35.2 Å². The standard InChI is InChI=1S/C18H28N2O2.ClH/c1-3-15-10-7-11-16(20-15)18(22)17(19-13(2)21)12-14-8-5-4-6-9-14;/h4-6,8-9,15-18,20,22H,3,7,10-12H2,1-2H3,(H,19,21);1H/t15?,16?,17-,18?;/m0./s1. The van der Waals surface area contributed by atoms with Gasteiger partial charge in [-0.3, -0.25) is 4.79 Å². The molecule has 0 aromatic heterocycles. The lowest BCUT2D eigenvalue weighted by atomic mass is 9.88. The Morgan fingerprint density at radius 1 is 1.35 bits per heavy atom. The predicted octanol–water partition coefficient (Wildman–Crippen LogP) is 2.44. The van der Waals surface area contributed by atoms with Gasteiger partial charge in [-0.05, 0) is 31.2 Å². The van der Waals surface area contributed by atoms with Crippen molar-refractivity contribution in [2.75, 3.05) is 0 Å². The maximum atomic E-state index is 11.5. The van der Waals surface area contributed by atoms with Crippen LogP contribution in [0.1, 0.15) is 45.1 Å². The van der Waals surface area contributed by atoms with E-state index in [4.69, 9.17) is 0 Å². The van der Waals surface area contributed by atoms with Crippen molar-refractivity contribution in [3.8, 4) is 0 Å². The monoisotopic (exact) mass is 340 g/mol. The Morgan fingerprint density at radius 3 is 2.65 bits per heavy atom. The van der Waals surface area contributed by atoms with Gasteiger partial charge >= 0.3 is 0 Å². The molecule has 4 nitrogen and oxygen atoms in total. The van der Waals surface area contributed by atoms with Crippen molar-refractivity contribution in [3.05, 3.63) is 35.9 Å². The third kappa shape index (κ3) is 6.13. The minimum Gasteiger partial charge on any atom is -0.389 e. The van der Waals surface area contributed by atoms with Gasteiger partial charge in [0.25, 0.3) is 0 Å². The number of carbonyl (C=O) groups excluding carboxylic acids is 1. The summed E-state index contributed by atoms with van der Waals surface area (Å²) in [6, 6.07) is 10.3. The van der Waals surface area contributed by atoms with Gasteiger partial charge in [0.2, 0.25) is 5.91 Å². The third-order valence-electron chi connectivity index (χ3n) is 4.52. The van der Waals surface area contributed by atoms with Crippen molar-refractivity contribution in [3.63, 3.8) is 0 Å². The van der Waals surface area contributed by atoms with Crippen molar-refractivity contribution in [1.29, 1.82) is 0 Å². The summed E-state index contributed by atoms with van der Waals surface area (Å²) in [4.78, 5) is 11.5. The third-order valence-corrected chi connectivity index (χ3v) is 4.52. The molecule has 1 aromatic carbocycles. The minimum atomic E-state index is -0.571. The summed E-state index contributed by atoms with van der Waals surface area (Å²) in [6.07, 6.45) is 4.42. The Balaban J connectivity index is 0.00000264. The quantitative estimate of drug-likeness (QED) is 0.745. The average molecular weight is 341 g/mol. The number of benzene rings is 1. The highest BCUT2D eigenvalue weighted by Gasteiger charge is 2.31. The molecule has 3 unspecified atom stereocenters. The molecule has 1 heterocycles. The Morgan fingerprint density at radius 2 is 2.04 bits per heavy atom. The van der Waals surface area contributed by atoms with Crippen LogP contribution in [0.25, 0.3) is 0 Å². The first-order chi connectivity index (χ1) is 10.6. The van der Waals surface area contributed by atoms with E-state index in [2.05, 4.69) is 17.6 Å². The van der Waals surface area contributed by atoms with Gasteiger partial charge in [-0.15, -0.1) is 12.4 Å². The Hall–Kier alpha value is -1.10. The largest absolute Gasteiger partial charge is 0.389 e. The first-order valence-electron chi connectivity index (χ1n) is 8.35. The fraction of sp³-hybridized carbons (Fsp3) is 0.611. The van der Waals surface area contributed by atoms with Crippen LogP contribution >= 0.6 is 12.4 Å². The second-order valence-electron chi connectivity index (χ2n) is 6.30. The second-order valence-corrected chi connectivity index (χ2v) is 6.30.